The van der Waals surface area contributed by atoms with E-state index in [2.05, 4.69) is 15.2 Å². The summed E-state index contributed by atoms with van der Waals surface area (Å²) in [7, 11) is 1.61. The lowest BCUT2D eigenvalue weighted by Gasteiger charge is -2.35. The largest absolute Gasteiger partial charge is 0.383 e. The quantitative estimate of drug-likeness (QED) is 0.508. The minimum atomic E-state index is -0.305. The molecule has 3 heterocycles. The minimum Gasteiger partial charge on any atom is -0.383 e. The Hall–Kier alpha value is -3.30. The molecule has 0 saturated carbocycles. The third-order valence-corrected chi connectivity index (χ3v) is 7.57. The molecule has 2 aliphatic heterocycles. The van der Waals surface area contributed by atoms with E-state index in [1.54, 1.807) is 13.2 Å². The number of para-hydroxylation sites is 1. The van der Waals surface area contributed by atoms with E-state index in [0.29, 0.717) is 24.3 Å². The van der Waals surface area contributed by atoms with Crippen LogP contribution in [0.2, 0.25) is 0 Å². The molecule has 0 bridgehead atoms. The Kier molecular flexibility index (Phi) is 6.53. The van der Waals surface area contributed by atoms with Crippen molar-refractivity contribution in [3.63, 3.8) is 0 Å². The van der Waals surface area contributed by atoms with Crippen LogP contribution in [0, 0.1) is 5.92 Å². The van der Waals surface area contributed by atoms with Gasteiger partial charge in [0.1, 0.15) is 5.01 Å². The van der Waals surface area contributed by atoms with E-state index >= 15 is 0 Å². The number of thiazole rings is 1. The van der Waals surface area contributed by atoms with Gasteiger partial charge in [-0.05, 0) is 44.0 Å². The maximum atomic E-state index is 13.5. The lowest BCUT2D eigenvalue weighted by atomic mass is 9.95. The normalized spacial score (nSPS) is 18.7. The molecule has 0 radical (unpaired) electrons. The van der Waals surface area contributed by atoms with Gasteiger partial charge in [-0.2, -0.15) is 0 Å². The van der Waals surface area contributed by atoms with Crippen molar-refractivity contribution < 1.29 is 19.1 Å². The number of carbonyl (C=O) groups is 3. The van der Waals surface area contributed by atoms with Crippen LogP contribution in [0.4, 0.5) is 5.69 Å². The first-order valence-electron chi connectivity index (χ1n) is 11.8. The number of rotatable bonds is 7. The van der Waals surface area contributed by atoms with E-state index in [0.717, 1.165) is 40.3 Å². The number of piperidine rings is 1. The second-order valence-electron chi connectivity index (χ2n) is 9.12. The smallest absolute Gasteiger partial charge is 0.264 e. The van der Waals surface area contributed by atoms with Gasteiger partial charge in [0.15, 0.2) is 0 Å². The van der Waals surface area contributed by atoms with Crippen molar-refractivity contribution in [1.29, 1.82) is 0 Å². The van der Waals surface area contributed by atoms with Crippen molar-refractivity contribution in [2.75, 3.05) is 31.7 Å². The zero-order valence-corrected chi connectivity index (χ0v) is 20.6. The molecular formula is C26H28N4O4S. The topological polar surface area (TPSA) is 91.8 Å². The zero-order chi connectivity index (χ0) is 24.5. The van der Waals surface area contributed by atoms with Crippen molar-refractivity contribution in [3.8, 4) is 0 Å². The number of hydrogen-bond acceptors (Lipinski definition) is 7. The standard InChI is InChI=1S/C26H28N4O4S/c1-16(15-34-2)27-24(31)17-7-6-12-29(13-17)20-10-5-8-18-23(20)26(33)30(25(18)32)14-22-28-19-9-3-4-11-21(19)35-22/h3-5,8-11,16-17H,6-7,12-15H2,1-2H3,(H,27,31). The number of fused-ring (bicyclic) bond motifs is 2. The maximum Gasteiger partial charge on any atom is 0.264 e. The molecule has 0 aliphatic carbocycles. The van der Waals surface area contributed by atoms with Crippen LogP contribution >= 0.6 is 11.3 Å². The summed E-state index contributed by atoms with van der Waals surface area (Å²) in [6.45, 7) is 3.74. The molecule has 2 aromatic carbocycles. The number of ether oxygens (including phenoxy) is 1. The van der Waals surface area contributed by atoms with Gasteiger partial charge >= 0.3 is 0 Å². The highest BCUT2D eigenvalue weighted by Crippen LogP contribution is 2.35. The minimum absolute atomic E-state index is 0.00769. The maximum absolute atomic E-state index is 13.5. The summed E-state index contributed by atoms with van der Waals surface area (Å²) in [6, 6.07) is 13.1. The van der Waals surface area contributed by atoms with E-state index in [1.807, 2.05) is 43.3 Å². The van der Waals surface area contributed by atoms with E-state index in [4.69, 9.17) is 4.74 Å². The van der Waals surface area contributed by atoms with Crippen LogP contribution in [0.15, 0.2) is 42.5 Å². The van der Waals surface area contributed by atoms with Gasteiger partial charge in [-0.3, -0.25) is 19.3 Å². The summed E-state index contributed by atoms with van der Waals surface area (Å²) in [5.41, 5.74) is 2.42. The average molecular weight is 493 g/mol. The van der Waals surface area contributed by atoms with Crippen LogP contribution in [-0.4, -0.2) is 60.5 Å². The molecule has 0 spiro atoms. The number of nitrogens with one attached hydrogen (secondary N) is 1. The Morgan fingerprint density at radius 2 is 2.03 bits per heavy atom. The Morgan fingerprint density at radius 3 is 2.83 bits per heavy atom. The number of amides is 3. The number of hydrogen-bond donors (Lipinski definition) is 1. The van der Waals surface area contributed by atoms with E-state index < -0.39 is 0 Å². The number of imide groups is 1. The van der Waals surface area contributed by atoms with Crippen LogP contribution in [0.1, 0.15) is 45.5 Å². The van der Waals surface area contributed by atoms with Gasteiger partial charge in [-0.15, -0.1) is 11.3 Å². The third kappa shape index (κ3) is 4.53. The summed E-state index contributed by atoms with van der Waals surface area (Å²) in [6.07, 6.45) is 1.62. The molecule has 1 fully saturated rings. The van der Waals surface area contributed by atoms with Gasteiger partial charge in [0.2, 0.25) is 5.91 Å². The molecule has 9 heteroatoms. The SMILES string of the molecule is COCC(C)NC(=O)C1CCCN(c2cccc3c2C(=O)N(Cc2nc4ccccc4s2)C3=O)C1. The second-order valence-corrected chi connectivity index (χ2v) is 10.2. The average Bonchev–Trinajstić information content (AvgIpc) is 3.38. The Labute approximate surface area is 207 Å². The highest BCUT2D eigenvalue weighted by Gasteiger charge is 2.40. The van der Waals surface area contributed by atoms with Gasteiger partial charge in [-0.1, -0.05) is 18.2 Å². The first kappa shape index (κ1) is 23.4. The predicted octanol–water partition coefficient (Wildman–Crippen LogP) is 3.46. The highest BCUT2D eigenvalue weighted by molar-refractivity contribution is 7.18. The summed E-state index contributed by atoms with van der Waals surface area (Å²) >= 11 is 1.49. The van der Waals surface area contributed by atoms with E-state index in [1.165, 1.54) is 16.2 Å². The van der Waals surface area contributed by atoms with Crippen molar-refractivity contribution in [3.05, 3.63) is 58.6 Å². The van der Waals surface area contributed by atoms with Gasteiger partial charge in [-0.25, -0.2) is 4.98 Å². The molecule has 1 aromatic heterocycles. The van der Waals surface area contributed by atoms with Crippen LogP contribution in [0.5, 0.6) is 0 Å². The van der Waals surface area contributed by atoms with Crippen molar-refractivity contribution in [1.82, 2.24) is 15.2 Å². The van der Waals surface area contributed by atoms with Gasteiger partial charge in [0.05, 0.1) is 46.1 Å². The number of carbonyl (C=O) groups excluding carboxylic acids is 3. The third-order valence-electron chi connectivity index (χ3n) is 6.55. The Morgan fingerprint density at radius 1 is 1.20 bits per heavy atom. The Bertz CT molecular complexity index is 1260. The first-order chi connectivity index (χ1) is 17.0. The fourth-order valence-corrected chi connectivity index (χ4v) is 5.86. The number of aromatic nitrogens is 1. The molecule has 1 saturated heterocycles. The lowest BCUT2D eigenvalue weighted by molar-refractivity contribution is -0.126. The number of benzene rings is 2. The molecule has 5 rings (SSSR count). The van der Waals surface area contributed by atoms with Gasteiger partial charge in [0.25, 0.3) is 11.8 Å². The molecule has 2 aliphatic rings. The molecular weight excluding hydrogens is 464 g/mol. The summed E-state index contributed by atoms with van der Waals surface area (Å²) in [5.74, 6) is -0.803. The van der Waals surface area contributed by atoms with Crippen molar-refractivity contribution in [2.24, 2.45) is 5.92 Å². The molecule has 8 nitrogen and oxygen atoms in total. The second kappa shape index (κ2) is 9.75. The Balaban J connectivity index is 1.36. The van der Waals surface area contributed by atoms with Gasteiger partial charge < -0.3 is 15.0 Å². The molecule has 35 heavy (non-hydrogen) atoms. The summed E-state index contributed by atoms with van der Waals surface area (Å²) < 4.78 is 6.15. The van der Waals surface area contributed by atoms with E-state index in [9.17, 15) is 14.4 Å². The monoisotopic (exact) mass is 492 g/mol. The fourth-order valence-electron chi connectivity index (χ4n) is 4.91. The van der Waals surface area contributed by atoms with Crippen LogP contribution < -0.4 is 10.2 Å². The molecule has 1 N–H and O–H groups in total. The first-order valence-corrected chi connectivity index (χ1v) is 12.7. The predicted molar refractivity (Wildman–Crippen MR) is 135 cm³/mol. The van der Waals surface area contributed by atoms with Crippen LogP contribution in [0.3, 0.4) is 0 Å². The molecule has 3 aromatic rings. The molecule has 3 amide bonds. The number of methoxy groups -OCH3 is 1. The number of nitrogens with zero attached hydrogens (tertiary/aromatic N) is 3. The number of anilines is 1. The zero-order valence-electron chi connectivity index (χ0n) is 19.8. The van der Waals surface area contributed by atoms with Crippen molar-refractivity contribution in [2.45, 2.75) is 32.4 Å². The highest BCUT2D eigenvalue weighted by atomic mass is 32.1. The van der Waals surface area contributed by atoms with Gasteiger partial charge in [0, 0.05) is 26.2 Å². The van der Waals surface area contributed by atoms with Crippen LogP contribution in [0.25, 0.3) is 10.2 Å². The molecule has 182 valence electrons. The fraction of sp³-hybridized carbons (Fsp3) is 0.385. The van der Waals surface area contributed by atoms with Crippen LogP contribution in [-0.2, 0) is 16.1 Å². The molecule has 2 atom stereocenters. The van der Waals surface area contributed by atoms with Crippen molar-refractivity contribution >= 4 is 45.0 Å². The summed E-state index contributed by atoms with van der Waals surface area (Å²) in [4.78, 5) is 47.4. The lowest BCUT2D eigenvalue weighted by Crippen LogP contribution is -2.46. The van der Waals surface area contributed by atoms with E-state index in [-0.39, 0.29) is 36.2 Å². The summed E-state index contributed by atoms with van der Waals surface area (Å²) in [5, 5.41) is 3.73. The molecule has 2 unspecified atom stereocenters.